The number of piperidine rings is 1. The number of rotatable bonds is 3. The number of nitrogens with one attached hydrogen (secondary N) is 1. The lowest BCUT2D eigenvalue weighted by Crippen LogP contribution is -2.38. The van der Waals surface area contributed by atoms with Crippen LogP contribution in [0, 0.1) is 0 Å². The van der Waals surface area contributed by atoms with Gasteiger partial charge in [0.1, 0.15) is 11.3 Å². The van der Waals surface area contributed by atoms with E-state index in [4.69, 9.17) is 4.74 Å². The van der Waals surface area contributed by atoms with Crippen LogP contribution in [-0.2, 0) is 10.3 Å². The molecular formula is C12H22N4O. The summed E-state index contributed by atoms with van der Waals surface area (Å²) in [6.45, 7) is 7.17. The lowest BCUT2D eigenvalue weighted by Gasteiger charge is -2.27. The fraction of sp³-hybridized carbons (Fsp3) is 0.833. The first-order valence-corrected chi connectivity index (χ1v) is 6.24. The predicted octanol–water partition coefficient (Wildman–Crippen LogP) is 1.47. The third kappa shape index (κ3) is 2.66. The van der Waals surface area contributed by atoms with Crippen molar-refractivity contribution in [2.75, 3.05) is 13.7 Å². The second-order valence-electron chi connectivity index (χ2n) is 5.31. The third-order valence-corrected chi connectivity index (χ3v) is 3.60. The zero-order valence-electron chi connectivity index (χ0n) is 11.1. The molecule has 1 saturated heterocycles. The summed E-state index contributed by atoms with van der Waals surface area (Å²) in [5.41, 5.74) is 0.520. The zero-order chi connectivity index (χ0) is 12.5. The molecule has 1 aromatic rings. The molecule has 1 aromatic heterocycles. The molecule has 2 atom stereocenters. The highest BCUT2D eigenvalue weighted by atomic mass is 16.5. The van der Waals surface area contributed by atoms with Gasteiger partial charge in [0.2, 0.25) is 0 Å². The van der Waals surface area contributed by atoms with Crippen molar-refractivity contribution in [2.45, 2.75) is 51.3 Å². The van der Waals surface area contributed by atoms with Gasteiger partial charge in [-0.1, -0.05) is 0 Å². The average molecular weight is 238 g/mol. The Bertz CT molecular complexity index is 366. The van der Waals surface area contributed by atoms with Crippen molar-refractivity contribution in [3.05, 3.63) is 11.9 Å². The van der Waals surface area contributed by atoms with Crippen LogP contribution in [0.15, 0.2) is 6.20 Å². The van der Waals surface area contributed by atoms with Gasteiger partial charge in [0.15, 0.2) is 0 Å². The Balaban J connectivity index is 2.08. The quantitative estimate of drug-likeness (QED) is 0.866. The van der Waals surface area contributed by atoms with Gasteiger partial charge < -0.3 is 10.1 Å². The monoisotopic (exact) mass is 238 g/mol. The molecule has 0 bridgehead atoms. The molecule has 0 unspecified atom stereocenters. The number of aromatic nitrogens is 3. The van der Waals surface area contributed by atoms with E-state index in [-0.39, 0.29) is 5.60 Å². The zero-order valence-corrected chi connectivity index (χ0v) is 11.1. The van der Waals surface area contributed by atoms with E-state index in [9.17, 15) is 0 Å². The van der Waals surface area contributed by atoms with Crippen molar-refractivity contribution in [3.8, 4) is 0 Å². The summed E-state index contributed by atoms with van der Waals surface area (Å²) >= 11 is 0. The molecule has 1 aliphatic rings. The summed E-state index contributed by atoms with van der Waals surface area (Å²) in [5.74, 6) is 0. The van der Waals surface area contributed by atoms with Crippen LogP contribution in [0.3, 0.4) is 0 Å². The minimum absolute atomic E-state index is 0.367. The average Bonchev–Trinajstić information content (AvgIpc) is 2.80. The highest BCUT2D eigenvalue weighted by Crippen LogP contribution is 2.23. The summed E-state index contributed by atoms with van der Waals surface area (Å²) in [4.78, 5) is 1.83. The largest absolute Gasteiger partial charge is 0.372 e. The first-order valence-electron chi connectivity index (χ1n) is 6.24. The first kappa shape index (κ1) is 12.5. The third-order valence-electron chi connectivity index (χ3n) is 3.60. The summed E-state index contributed by atoms with van der Waals surface area (Å²) in [6, 6.07) is 0.976. The van der Waals surface area contributed by atoms with E-state index in [2.05, 4.69) is 22.4 Å². The van der Waals surface area contributed by atoms with Gasteiger partial charge in [0, 0.05) is 19.7 Å². The minimum Gasteiger partial charge on any atom is -0.372 e. The summed E-state index contributed by atoms with van der Waals surface area (Å²) in [6.07, 6.45) is 4.12. The number of nitrogens with zero attached hydrogens (tertiary/aromatic N) is 3. The van der Waals surface area contributed by atoms with E-state index >= 15 is 0 Å². The van der Waals surface area contributed by atoms with Crippen molar-refractivity contribution >= 4 is 0 Å². The predicted molar refractivity (Wildman–Crippen MR) is 65.8 cm³/mol. The molecule has 2 heterocycles. The number of methoxy groups -OCH3 is 1. The Labute approximate surface area is 103 Å². The molecule has 0 aromatic carbocycles. The summed E-state index contributed by atoms with van der Waals surface area (Å²) in [5, 5.41) is 12.4. The number of ether oxygens (including phenoxy) is 1. The molecule has 0 radical (unpaired) electrons. The fourth-order valence-corrected chi connectivity index (χ4v) is 2.01. The molecule has 17 heavy (non-hydrogen) atoms. The Morgan fingerprint density at radius 2 is 2.24 bits per heavy atom. The van der Waals surface area contributed by atoms with Crippen LogP contribution in [0.2, 0.25) is 0 Å². The van der Waals surface area contributed by atoms with E-state index in [0.717, 1.165) is 18.7 Å². The van der Waals surface area contributed by atoms with Crippen LogP contribution in [-0.4, -0.2) is 34.7 Å². The second-order valence-corrected chi connectivity index (χ2v) is 5.31. The van der Waals surface area contributed by atoms with Crippen molar-refractivity contribution in [3.63, 3.8) is 0 Å². The van der Waals surface area contributed by atoms with Crippen LogP contribution in [0.4, 0.5) is 0 Å². The molecule has 5 heteroatoms. The van der Waals surface area contributed by atoms with Gasteiger partial charge in [-0.15, -0.1) is 0 Å². The Morgan fingerprint density at radius 1 is 1.47 bits per heavy atom. The maximum Gasteiger partial charge on any atom is 0.114 e. The molecule has 1 fully saturated rings. The lowest BCUT2D eigenvalue weighted by atomic mass is 10.0. The standard InChI is InChI=1S/C12H22N4O/c1-9-5-6-10(7-13-9)16-14-8-11(15-16)12(2,3)17-4/h8-10,13H,5-7H2,1-4H3/t9-,10-/m1/s1. The van der Waals surface area contributed by atoms with Crippen LogP contribution >= 0.6 is 0 Å². The second kappa shape index (κ2) is 4.74. The fourth-order valence-electron chi connectivity index (χ4n) is 2.01. The van der Waals surface area contributed by atoms with Crippen LogP contribution < -0.4 is 5.32 Å². The Hall–Kier alpha value is -0.940. The van der Waals surface area contributed by atoms with Crippen molar-refractivity contribution < 1.29 is 4.74 Å². The molecule has 1 aliphatic heterocycles. The highest BCUT2D eigenvalue weighted by Gasteiger charge is 2.26. The smallest absolute Gasteiger partial charge is 0.114 e. The molecule has 0 saturated carbocycles. The van der Waals surface area contributed by atoms with E-state index in [0.29, 0.717) is 12.1 Å². The van der Waals surface area contributed by atoms with Gasteiger partial charge in [-0.05, 0) is 33.6 Å². The summed E-state index contributed by atoms with van der Waals surface area (Å²) < 4.78 is 5.41. The molecule has 0 spiro atoms. The van der Waals surface area contributed by atoms with E-state index in [1.54, 1.807) is 7.11 Å². The number of hydrogen-bond donors (Lipinski definition) is 1. The van der Waals surface area contributed by atoms with Crippen LogP contribution in [0.1, 0.15) is 45.3 Å². The van der Waals surface area contributed by atoms with Gasteiger partial charge in [0.25, 0.3) is 0 Å². The van der Waals surface area contributed by atoms with E-state index in [1.807, 2.05) is 24.8 Å². The maximum absolute atomic E-state index is 5.41. The van der Waals surface area contributed by atoms with Crippen LogP contribution in [0.25, 0.3) is 0 Å². The molecule has 2 rings (SSSR count). The summed E-state index contributed by atoms with van der Waals surface area (Å²) in [7, 11) is 1.70. The normalized spacial score (nSPS) is 26.1. The Morgan fingerprint density at radius 3 is 2.82 bits per heavy atom. The van der Waals surface area contributed by atoms with Gasteiger partial charge in [-0.3, -0.25) is 0 Å². The lowest BCUT2D eigenvalue weighted by molar-refractivity contribution is 0.0147. The van der Waals surface area contributed by atoms with Gasteiger partial charge in [-0.25, -0.2) is 0 Å². The SMILES string of the molecule is COC(C)(C)c1cnn([C@@H]2CC[C@@H](C)NC2)n1. The van der Waals surface area contributed by atoms with Gasteiger partial charge >= 0.3 is 0 Å². The Kier molecular flexibility index (Phi) is 3.49. The first-order chi connectivity index (χ1) is 8.03. The van der Waals surface area contributed by atoms with Crippen molar-refractivity contribution in [1.82, 2.24) is 20.3 Å². The maximum atomic E-state index is 5.41. The number of hydrogen-bond acceptors (Lipinski definition) is 4. The van der Waals surface area contributed by atoms with E-state index < -0.39 is 0 Å². The van der Waals surface area contributed by atoms with Crippen molar-refractivity contribution in [2.24, 2.45) is 0 Å². The van der Waals surface area contributed by atoms with E-state index in [1.165, 1.54) is 6.42 Å². The molecule has 0 aliphatic carbocycles. The van der Waals surface area contributed by atoms with Crippen molar-refractivity contribution in [1.29, 1.82) is 0 Å². The molecule has 96 valence electrons. The molecule has 1 N–H and O–H groups in total. The minimum atomic E-state index is -0.367. The topological polar surface area (TPSA) is 52.0 Å². The van der Waals surface area contributed by atoms with Gasteiger partial charge in [0.05, 0.1) is 12.2 Å². The molecule has 5 nitrogen and oxygen atoms in total. The van der Waals surface area contributed by atoms with Gasteiger partial charge in [-0.2, -0.15) is 15.0 Å². The van der Waals surface area contributed by atoms with Crippen LogP contribution in [0.5, 0.6) is 0 Å². The molecular weight excluding hydrogens is 216 g/mol. The highest BCUT2D eigenvalue weighted by molar-refractivity contribution is 5.03. The molecule has 0 amide bonds.